The standard InChI is InChI=1S/C11H13ClFNO2/c1-11(2,3)16-14-10(15)8-5-4-7(13)6-9(8)12/h4-6H,1-3H3,(H,14,15). The minimum Gasteiger partial charge on any atom is -0.268 e. The van der Waals surface area contributed by atoms with Crippen LogP contribution in [0, 0.1) is 5.82 Å². The van der Waals surface area contributed by atoms with Crippen molar-refractivity contribution in [1.82, 2.24) is 5.48 Å². The molecule has 0 heterocycles. The zero-order valence-corrected chi connectivity index (χ0v) is 10.1. The molecule has 1 aromatic carbocycles. The molecule has 0 aliphatic heterocycles. The van der Waals surface area contributed by atoms with E-state index in [1.54, 1.807) is 20.8 Å². The maximum atomic E-state index is 12.7. The van der Waals surface area contributed by atoms with Crippen LogP contribution in [0.1, 0.15) is 31.1 Å². The van der Waals surface area contributed by atoms with Gasteiger partial charge in [-0.1, -0.05) is 11.6 Å². The normalized spacial score (nSPS) is 11.3. The van der Waals surface area contributed by atoms with Gasteiger partial charge in [-0.15, -0.1) is 0 Å². The maximum Gasteiger partial charge on any atom is 0.276 e. The van der Waals surface area contributed by atoms with Crippen LogP contribution in [0.2, 0.25) is 5.02 Å². The van der Waals surface area contributed by atoms with Gasteiger partial charge in [0.25, 0.3) is 5.91 Å². The molecule has 1 rings (SSSR count). The molecule has 0 aliphatic rings. The molecule has 3 nitrogen and oxygen atoms in total. The van der Waals surface area contributed by atoms with Gasteiger partial charge in [0.05, 0.1) is 16.2 Å². The molecule has 88 valence electrons. The van der Waals surface area contributed by atoms with Crippen LogP contribution < -0.4 is 5.48 Å². The summed E-state index contributed by atoms with van der Waals surface area (Å²) in [7, 11) is 0. The van der Waals surface area contributed by atoms with Crippen LogP contribution in [0.15, 0.2) is 18.2 Å². The molecule has 0 atom stereocenters. The van der Waals surface area contributed by atoms with Crippen molar-refractivity contribution in [3.63, 3.8) is 0 Å². The van der Waals surface area contributed by atoms with E-state index in [4.69, 9.17) is 16.4 Å². The first kappa shape index (κ1) is 12.9. The summed E-state index contributed by atoms with van der Waals surface area (Å²) in [6.45, 7) is 5.37. The molecule has 0 radical (unpaired) electrons. The summed E-state index contributed by atoms with van der Waals surface area (Å²) < 4.78 is 12.7. The van der Waals surface area contributed by atoms with Crippen molar-refractivity contribution in [1.29, 1.82) is 0 Å². The molecular weight excluding hydrogens is 233 g/mol. The fourth-order valence-corrected chi connectivity index (χ4v) is 1.18. The van der Waals surface area contributed by atoms with Crippen molar-refractivity contribution in [2.45, 2.75) is 26.4 Å². The monoisotopic (exact) mass is 245 g/mol. The largest absolute Gasteiger partial charge is 0.276 e. The van der Waals surface area contributed by atoms with E-state index in [0.717, 1.165) is 12.1 Å². The number of rotatable bonds is 2. The number of carbonyl (C=O) groups is 1. The Labute approximate surface area is 98.5 Å². The third-order valence-corrected chi connectivity index (χ3v) is 1.94. The molecule has 16 heavy (non-hydrogen) atoms. The average molecular weight is 246 g/mol. The summed E-state index contributed by atoms with van der Waals surface area (Å²) in [5.74, 6) is -0.988. The SMILES string of the molecule is CC(C)(C)ONC(=O)c1ccc(F)cc1Cl. The summed E-state index contributed by atoms with van der Waals surface area (Å²) in [6.07, 6.45) is 0. The highest BCUT2D eigenvalue weighted by Gasteiger charge is 2.15. The Kier molecular flexibility index (Phi) is 3.88. The second-order valence-electron chi connectivity index (χ2n) is 4.27. The number of hydrogen-bond acceptors (Lipinski definition) is 2. The van der Waals surface area contributed by atoms with Crippen molar-refractivity contribution >= 4 is 17.5 Å². The number of carbonyl (C=O) groups excluding carboxylic acids is 1. The highest BCUT2D eigenvalue weighted by Crippen LogP contribution is 2.17. The number of amides is 1. The quantitative estimate of drug-likeness (QED) is 0.814. The second kappa shape index (κ2) is 4.80. The molecule has 1 aromatic rings. The maximum absolute atomic E-state index is 12.7. The molecule has 0 unspecified atom stereocenters. The summed E-state index contributed by atoms with van der Waals surface area (Å²) >= 11 is 5.72. The van der Waals surface area contributed by atoms with Crippen LogP contribution in [0.4, 0.5) is 4.39 Å². The van der Waals surface area contributed by atoms with E-state index in [1.807, 2.05) is 0 Å². The van der Waals surface area contributed by atoms with Crippen LogP contribution in [0.5, 0.6) is 0 Å². The molecule has 1 N–H and O–H groups in total. The first-order valence-corrected chi connectivity index (χ1v) is 5.11. The Hall–Kier alpha value is -1.13. The lowest BCUT2D eigenvalue weighted by molar-refractivity contribution is -0.0589. The summed E-state index contributed by atoms with van der Waals surface area (Å²) in [6, 6.07) is 3.55. The molecule has 5 heteroatoms. The van der Waals surface area contributed by atoms with Crippen molar-refractivity contribution in [3.8, 4) is 0 Å². The lowest BCUT2D eigenvalue weighted by Gasteiger charge is -2.19. The van der Waals surface area contributed by atoms with E-state index in [9.17, 15) is 9.18 Å². The van der Waals surface area contributed by atoms with Gasteiger partial charge in [0.2, 0.25) is 0 Å². The fourth-order valence-electron chi connectivity index (χ4n) is 0.928. The van der Waals surface area contributed by atoms with E-state index in [1.165, 1.54) is 6.07 Å². The fraction of sp³-hybridized carbons (Fsp3) is 0.364. The zero-order chi connectivity index (χ0) is 12.3. The lowest BCUT2D eigenvalue weighted by atomic mass is 10.2. The molecule has 0 saturated heterocycles. The van der Waals surface area contributed by atoms with Crippen molar-refractivity contribution < 1.29 is 14.0 Å². The summed E-state index contributed by atoms with van der Waals surface area (Å²) in [5.41, 5.74) is 1.93. The molecule has 0 fully saturated rings. The number of hydrogen-bond donors (Lipinski definition) is 1. The Morgan fingerprint density at radius 1 is 1.44 bits per heavy atom. The third-order valence-electron chi connectivity index (χ3n) is 1.63. The van der Waals surface area contributed by atoms with Gasteiger partial charge in [-0.05, 0) is 39.0 Å². The van der Waals surface area contributed by atoms with E-state index in [2.05, 4.69) is 5.48 Å². The third kappa shape index (κ3) is 3.79. The van der Waals surface area contributed by atoms with Gasteiger partial charge in [0.1, 0.15) is 5.82 Å². The Morgan fingerprint density at radius 2 is 2.06 bits per heavy atom. The highest BCUT2D eigenvalue weighted by molar-refractivity contribution is 6.33. The zero-order valence-electron chi connectivity index (χ0n) is 9.30. The Bertz CT molecular complexity index is 401. The van der Waals surface area contributed by atoms with Crippen LogP contribution in [0.3, 0.4) is 0 Å². The molecule has 0 saturated carbocycles. The van der Waals surface area contributed by atoms with Gasteiger partial charge in [0, 0.05) is 0 Å². The number of hydroxylamine groups is 1. The minimum atomic E-state index is -0.500. The van der Waals surface area contributed by atoms with Gasteiger partial charge >= 0.3 is 0 Å². The van der Waals surface area contributed by atoms with E-state index >= 15 is 0 Å². The molecule has 0 aliphatic carbocycles. The number of halogens is 2. The smallest absolute Gasteiger partial charge is 0.268 e. The first-order chi connectivity index (χ1) is 7.29. The van der Waals surface area contributed by atoms with Gasteiger partial charge in [-0.3, -0.25) is 9.63 Å². The van der Waals surface area contributed by atoms with Crippen LogP contribution >= 0.6 is 11.6 Å². The first-order valence-electron chi connectivity index (χ1n) is 4.73. The predicted molar refractivity (Wildman–Crippen MR) is 59.7 cm³/mol. The molecular formula is C11H13ClFNO2. The topological polar surface area (TPSA) is 38.3 Å². The van der Waals surface area contributed by atoms with E-state index in [-0.39, 0.29) is 10.6 Å². The van der Waals surface area contributed by atoms with E-state index < -0.39 is 17.3 Å². The molecule has 1 amide bonds. The lowest BCUT2D eigenvalue weighted by Crippen LogP contribution is -2.33. The second-order valence-corrected chi connectivity index (χ2v) is 4.68. The highest BCUT2D eigenvalue weighted by atomic mass is 35.5. The summed E-state index contributed by atoms with van der Waals surface area (Å²) in [5, 5.41) is 0.0509. The van der Waals surface area contributed by atoms with Crippen LogP contribution in [-0.2, 0) is 4.84 Å². The van der Waals surface area contributed by atoms with Crippen molar-refractivity contribution in [3.05, 3.63) is 34.6 Å². The van der Waals surface area contributed by atoms with E-state index in [0.29, 0.717) is 0 Å². The predicted octanol–water partition coefficient (Wildman–Crippen LogP) is 2.94. The molecule has 0 aromatic heterocycles. The average Bonchev–Trinajstić information content (AvgIpc) is 2.13. The van der Waals surface area contributed by atoms with Crippen LogP contribution in [-0.4, -0.2) is 11.5 Å². The van der Waals surface area contributed by atoms with Crippen LogP contribution in [0.25, 0.3) is 0 Å². The minimum absolute atomic E-state index is 0.0509. The van der Waals surface area contributed by atoms with Crippen molar-refractivity contribution in [2.75, 3.05) is 0 Å². The Morgan fingerprint density at radius 3 is 2.56 bits per heavy atom. The van der Waals surface area contributed by atoms with Crippen molar-refractivity contribution in [2.24, 2.45) is 0 Å². The number of nitrogens with one attached hydrogen (secondary N) is 1. The molecule has 0 bridgehead atoms. The van der Waals surface area contributed by atoms with Gasteiger partial charge in [-0.25, -0.2) is 9.87 Å². The van der Waals surface area contributed by atoms with Gasteiger partial charge in [-0.2, -0.15) is 0 Å². The Balaban J connectivity index is 2.74. The molecule has 0 spiro atoms. The summed E-state index contributed by atoms with van der Waals surface area (Å²) in [4.78, 5) is 16.7. The number of benzene rings is 1. The van der Waals surface area contributed by atoms with Gasteiger partial charge < -0.3 is 0 Å². The van der Waals surface area contributed by atoms with Gasteiger partial charge in [0.15, 0.2) is 0 Å².